The van der Waals surface area contributed by atoms with E-state index < -0.39 is 8.07 Å². The smallest absolute Gasteiger partial charge is 0.227 e. The van der Waals surface area contributed by atoms with Gasteiger partial charge in [-0.3, -0.25) is 10.1 Å². The van der Waals surface area contributed by atoms with Gasteiger partial charge in [0.05, 0.1) is 23.0 Å². The normalized spacial score (nSPS) is 14.1. The van der Waals surface area contributed by atoms with Crippen LogP contribution in [0.1, 0.15) is 30.0 Å². The number of aromatic nitrogens is 6. The molecule has 5 rings (SSSR count). The van der Waals surface area contributed by atoms with E-state index in [1.807, 2.05) is 24.3 Å². The molecule has 0 unspecified atom stereocenters. The van der Waals surface area contributed by atoms with Gasteiger partial charge in [-0.25, -0.2) is 4.98 Å². The monoisotopic (exact) mass is 490 g/mol. The molecule has 1 saturated carbocycles. The van der Waals surface area contributed by atoms with Crippen LogP contribution in [0.5, 0.6) is 0 Å². The zero-order valence-electron chi connectivity index (χ0n) is 21.0. The minimum Gasteiger partial charge on any atom is -0.383 e. The second kappa shape index (κ2) is 9.42. The van der Waals surface area contributed by atoms with Crippen LogP contribution in [0.3, 0.4) is 0 Å². The summed E-state index contributed by atoms with van der Waals surface area (Å²) >= 11 is 0. The Bertz CT molecular complexity index is 1320. The number of hydrogen-bond acceptors (Lipinski definition) is 7. The fourth-order valence-electron chi connectivity index (χ4n) is 4.12. The number of nitrogens with zero attached hydrogens (tertiary/aromatic N) is 6. The summed E-state index contributed by atoms with van der Waals surface area (Å²) in [5.74, 6) is 1.59. The predicted molar refractivity (Wildman–Crippen MR) is 142 cm³/mol. The van der Waals surface area contributed by atoms with Crippen molar-refractivity contribution < 1.29 is 4.74 Å². The van der Waals surface area contributed by atoms with Crippen LogP contribution in [0.2, 0.25) is 25.7 Å². The fourth-order valence-corrected chi connectivity index (χ4v) is 4.87. The van der Waals surface area contributed by atoms with Crippen molar-refractivity contribution in [1.29, 1.82) is 0 Å². The van der Waals surface area contributed by atoms with E-state index in [1.54, 1.807) is 6.20 Å². The molecule has 0 saturated heterocycles. The van der Waals surface area contributed by atoms with E-state index in [4.69, 9.17) is 10.5 Å². The number of ether oxygens (including phenoxy) is 1. The average molecular weight is 491 g/mol. The van der Waals surface area contributed by atoms with Gasteiger partial charge in [0.1, 0.15) is 12.5 Å². The molecular formula is C25H34N8OSi. The number of hydrogen-bond donors (Lipinski definition) is 2. The quantitative estimate of drug-likeness (QED) is 0.246. The molecule has 0 atom stereocenters. The fraction of sp³-hybridized carbons (Fsp3) is 0.440. The van der Waals surface area contributed by atoms with E-state index in [0.717, 1.165) is 46.1 Å². The first kappa shape index (κ1) is 23.5. The molecule has 4 heterocycles. The van der Waals surface area contributed by atoms with Crippen LogP contribution in [0.15, 0.2) is 36.9 Å². The number of nitrogens with one attached hydrogen (secondary N) is 1. The summed E-state index contributed by atoms with van der Waals surface area (Å²) < 4.78 is 8.06. The average Bonchev–Trinajstić information content (AvgIpc) is 3.40. The molecule has 0 amide bonds. The predicted octanol–water partition coefficient (Wildman–Crippen LogP) is 4.62. The van der Waals surface area contributed by atoms with Crippen LogP contribution in [-0.4, -0.2) is 51.4 Å². The molecule has 10 heteroatoms. The minimum atomic E-state index is -1.10. The van der Waals surface area contributed by atoms with Gasteiger partial charge in [-0.15, -0.1) is 0 Å². The van der Waals surface area contributed by atoms with Crippen LogP contribution in [0.25, 0.3) is 22.2 Å². The van der Waals surface area contributed by atoms with Crippen molar-refractivity contribution in [2.45, 2.75) is 57.7 Å². The van der Waals surface area contributed by atoms with Crippen molar-refractivity contribution in [3.8, 4) is 11.3 Å². The van der Waals surface area contributed by atoms with Gasteiger partial charge in [0.2, 0.25) is 5.95 Å². The van der Waals surface area contributed by atoms with Gasteiger partial charge in [0.15, 0.2) is 0 Å². The lowest BCUT2D eigenvalue weighted by atomic mass is 10.2. The van der Waals surface area contributed by atoms with Gasteiger partial charge in [0, 0.05) is 63.9 Å². The van der Waals surface area contributed by atoms with Crippen LogP contribution >= 0.6 is 0 Å². The highest BCUT2D eigenvalue weighted by Crippen LogP contribution is 2.40. The van der Waals surface area contributed by atoms with Crippen LogP contribution in [0, 0.1) is 0 Å². The van der Waals surface area contributed by atoms with Crippen molar-refractivity contribution in [3.63, 3.8) is 0 Å². The summed E-state index contributed by atoms with van der Waals surface area (Å²) in [4.78, 5) is 15.6. The van der Waals surface area contributed by atoms with Crippen molar-refractivity contribution in [1.82, 2.24) is 29.7 Å². The maximum absolute atomic E-state index is 6.31. The summed E-state index contributed by atoms with van der Waals surface area (Å²) in [6.07, 6.45) is 10.0. The van der Waals surface area contributed by atoms with E-state index in [9.17, 15) is 0 Å². The zero-order valence-corrected chi connectivity index (χ0v) is 22.0. The van der Waals surface area contributed by atoms with Gasteiger partial charge in [-0.1, -0.05) is 19.6 Å². The summed E-state index contributed by atoms with van der Waals surface area (Å²) in [7, 11) is 0.863. The Kier molecular flexibility index (Phi) is 6.33. The summed E-state index contributed by atoms with van der Waals surface area (Å²) in [6.45, 7) is 9.02. The minimum absolute atomic E-state index is 0.425. The lowest BCUT2D eigenvalue weighted by Crippen LogP contribution is -2.22. The number of pyridine rings is 1. The number of fused-ring (bicyclic) bond motifs is 1. The zero-order chi connectivity index (χ0) is 24.6. The number of aromatic amines is 1. The van der Waals surface area contributed by atoms with E-state index in [0.29, 0.717) is 31.0 Å². The molecule has 0 aromatic carbocycles. The Labute approximate surface area is 206 Å². The Morgan fingerprint density at radius 1 is 1.23 bits per heavy atom. The highest BCUT2D eigenvalue weighted by molar-refractivity contribution is 6.76. The lowest BCUT2D eigenvalue weighted by Gasteiger charge is -2.18. The molecule has 9 nitrogen and oxygen atoms in total. The first-order chi connectivity index (χ1) is 16.8. The lowest BCUT2D eigenvalue weighted by molar-refractivity contribution is 0.0902. The number of nitrogen functional groups attached to an aromatic ring is 1. The first-order valence-corrected chi connectivity index (χ1v) is 15.9. The Hall–Kier alpha value is -3.24. The molecule has 35 heavy (non-hydrogen) atoms. The largest absolute Gasteiger partial charge is 0.383 e. The van der Waals surface area contributed by atoms with Crippen LogP contribution < -0.4 is 10.6 Å². The molecule has 0 bridgehead atoms. The molecule has 4 aromatic rings. The third-order valence-electron chi connectivity index (χ3n) is 6.45. The topological polar surface area (TPSA) is 111 Å². The molecule has 0 radical (unpaired) electrons. The Morgan fingerprint density at radius 3 is 2.80 bits per heavy atom. The third-order valence-corrected chi connectivity index (χ3v) is 8.16. The molecule has 3 N–H and O–H groups in total. The number of rotatable bonds is 10. The third kappa shape index (κ3) is 5.38. The van der Waals surface area contributed by atoms with Crippen LogP contribution in [-0.2, 0) is 18.0 Å². The standard InChI is InChI=1S/C25H34N8OSi/c1-32(25-28-13-20(24(26)29-25)22-11-21(30-31-22)17-5-6-17)15-18-12-27-14-23-19(18)7-8-33(23)16-34-9-10-35(2,3)4/h7-8,11-14,17H,5-6,9-10,15-16H2,1-4H3,(H,30,31)(H2,26,28,29). The molecule has 0 spiro atoms. The van der Waals surface area contributed by atoms with Gasteiger partial charge in [-0.05, 0) is 36.6 Å². The summed E-state index contributed by atoms with van der Waals surface area (Å²) in [5.41, 5.74) is 11.2. The van der Waals surface area contributed by atoms with Crippen molar-refractivity contribution >= 4 is 30.7 Å². The molecule has 0 aliphatic heterocycles. The van der Waals surface area contributed by atoms with E-state index in [2.05, 4.69) is 67.7 Å². The van der Waals surface area contributed by atoms with E-state index >= 15 is 0 Å². The maximum Gasteiger partial charge on any atom is 0.227 e. The summed E-state index contributed by atoms with van der Waals surface area (Å²) in [5, 5.41) is 8.67. The van der Waals surface area contributed by atoms with E-state index in [1.165, 1.54) is 12.8 Å². The van der Waals surface area contributed by atoms with Crippen molar-refractivity contribution in [3.05, 3.63) is 48.2 Å². The summed E-state index contributed by atoms with van der Waals surface area (Å²) in [6, 6.07) is 5.33. The molecule has 4 aromatic heterocycles. The van der Waals surface area contributed by atoms with Crippen molar-refractivity contribution in [2.24, 2.45) is 0 Å². The molecular weight excluding hydrogens is 456 g/mol. The van der Waals surface area contributed by atoms with Gasteiger partial charge in [-0.2, -0.15) is 10.1 Å². The molecule has 184 valence electrons. The van der Waals surface area contributed by atoms with Gasteiger partial charge in [0.25, 0.3) is 0 Å². The van der Waals surface area contributed by atoms with Gasteiger partial charge >= 0.3 is 0 Å². The molecule has 1 fully saturated rings. The van der Waals surface area contributed by atoms with Gasteiger partial charge < -0.3 is 19.9 Å². The number of H-pyrrole nitrogens is 1. The van der Waals surface area contributed by atoms with E-state index in [-0.39, 0.29) is 0 Å². The number of anilines is 2. The second-order valence-corrected chi connectivity index (χ2v) is 16.3. The second-order valence-electron chi connectivity index (χ2n) is 10.7. The Morgan fingerprint density at radius 2 is 2.06 bits per heavy atom. The number of nitrogens with two attached hydrogens (primary N) is 1. The van der Waals surface area contributed by atoms with Crippen molar-refractivity contribution in [2.75, 3.05) is 24.3 Å². The first-order valence-electron chi connectivity index (χ1n) is 12.2. The highest BCUT2D eigenvalue weighted by Gasteiger charge is 2.26. The maximum atomic E-state index is 6.31. The SMILES string of the molecule is CN(Cc1cncc2c1ccn2COCC[Si](C)(C)C)c1ncc(-c2cc(C3CC3)[nH]n2)c(N)n1. The molecule has 1 aliphatic rings. The Balaban J connectivity index is 1.28. The highest BCUT2D eigenvalue weighted by atomic mass is 28.3. The van der Waals surface area contributed by atoms with Crippen LogP contribution in [0.4, 0.5) is 11.8 Å². The molecule has 1 aliphatic carbocycles.